The van der Waals surface area contributed by atoms with Crippen LogP contribution in [-0.4, -0.2) is 82.3 Å². The van der Waals surface area contributed by atoms with Crippen LogP contribution in [0, 0.1) is 0 Å². The van der Waals surface area contributed by atoms with Crippen molar-refractivity contribution >= 4 is 12.0 Å². The molecule has 3 aromatic rings. The molecule has 0 aliphatic carbocycles. The van der Waals surface area contributed by atoms with Crippen molar-refractivity contribution in [3.63, 3.8) is 0 Å². The van der Waals surface area contributed by atoms with Crippen LogP contribution in [0.25, 0.3) is 0 Å². The van der Waals surface area contributed by atoms with E-state index in [4.69, 9.17) is 28.4 Å². The first-order valence-corrected chi connectivity index (χ1v) is 17.1. The number of benzene rings is 3. The fourth-order valence-corrected chi connectivity index (χ4v) is 5.70. The second-order valence-corrected chi connectivity index (χ2v) is 13.0. The molecule has 1 saturated heterocycles. The smallest absolute Gasteiger partial charge is 0.410 e. The summed E-state index contributed by atoms with van der Waals surface area (Å²) in [6.07, 6.45) is 1.88. The van der Waals surface area contributed by atoms with Gasteiger partial charge in [-0.3, -0.25) is 4.79 Å². The molecule has 0 spiro atoms. The first kappa shape index (κ1) is 37.5. The molecule has 1 N–H and O–H groups in total. The number of piperidine rings is 1. The van der Waals surface area contributed by atoms with Gasteiger partial charge in [-0.15, -0.1) is 0 Å². The van der Waals surface area contributed by atoms with E-state index in [1.54, 1.807) is 19.1 Å². The van der Waals surface area contributed by atoms with Crippen molar-refractivity contribution in [2.75, 3.05) is 53.7 Å². The second kappa shape index (κ2) is 19.0. The normalized spacial score (nSPS) is 16.1. The highest BCUT2D eigenvalue weighted by Crippen LogP contribution is 2.32. The molecule has 2 unspecified atom stereocenters. The second-order valence-electron chi connectivity index (χ2n) is 13.0. The van der Waals surface area contributed by atoms with E-state index < -0.39 is 5.60 Å². The number of rotatable bonds is 17. The fraction of sp³-hybridized carbons (Fsp3) is 0.487. The molecule has 2 atom stereocenters. The van der Waals surface area contributed by atoms with Crippen molar-refractivity contribution in [3.8, 4) is 17.2 Å². The SMILES string of the molecule is CNC(=O)CCc1ccccc1OCCOC1CN(C(=O)OC(C)(C)C)CCC1c1ccc(OCCCOCc2ccccc2OC)cc1. The molecule has 266 valence electrons. The van der Waals surface area contributed by atoms with Gasteiger partial charge in [-0.05, 0) is 69.0 Å². The summed E-state index contributed by atoms with van der Waals surface area (Å²) < 4.78 is 35.4. The molecular formula is C39H52N2O8. The van der Waals surface area contributed by atoms with Gasteiger partial charge in [-0.1, -0.05) is 48.5 Å². The summed E-state index contributed by atoms with van der Waals surface area (Å²) in [5, 5.41) is 2.66. The molecule has 0 radical (unpaired) electrons. The monoisotopic (exact) mass is 676 g/mol. The number of para-hydroxylation sites is 2. The zero-order chi connectivity index (χ0) is 35.1. The molecule has 0 aromatic heterocycles. The number of nitrogens with one attached hydrogen (secondary N) is 1. The first-order valence-electron chi connectivity index (χ1n) is 17.1. The lowest BCUT2D eigenvalue weighted by atomic mass is 9.87. The number of nitrogens with zero attached hydrogens (tertiary/aromatic N) is 1. The first-order chi connectivity index (χ1) is 23.7. The fourth-order valence-electron chi connectivity index (χ4n) is 5.70. The van der Waals surface area contributed by atoms with Gasteiger partial charge in [-0.25, -0.2) is 4.79 Å². The lowest BCUT2D eigenvalue weighted by molar-refractivity contribution is -0.120. The van der Waals surface area contributed by atoms with Crippen LogP contribution in [0.15, 0.2) is 72.8 Å². The quantitative estimate of drug-likeness (QED) is 0.161. The number of hydrogen-bond acceptors (Lipinski definition) is 8. The van der Waals surface area contributed by atoms with Crippen LogP contribution >= 0.6 is 0 Å². The molecule has 1 aliphatic heterocycles. The van der Waals surface area contributed by atoms with Gasteiger partial charge < -0.3 is 38.6 Å². The highest BCUT2D eigenvalue weighted by molar-refractivity contribution is 5.75. The summed E-state index contributed by atoms with van der Waals surface area (Å²) in [6.45, 7) is 8.88. The number of carbonyl (C=O) groups excluding carboxylic acids is 2. The summed E-state index contributed by atoms with van der Waals surface area (Å²) >= 11 is 0. The maximum atomic E-state index is 13.0. The van der Waals surface area contributed by atoms with Crippen LogP contribution in [0.3, 0.4) is 0 Å². The van der Waals surface area contributed by atoms with Crippen molar-refractivity contribution in [1.82, 2.24) is 10.2 Å². The van der Waals surface area contributed by atoms with E-state index in [9.17, 15) is 9.59 Å². The van der Waals surface area contributed by atoms with Gasteiger partial charge in [0, 0.05) is 37.9 Å². The maximum Gasteiger partial charge on any atom is 0.410 e. The van der Waals surface area contributed by atoms with Gasteiger partial charge in [0.05, 0.1) is 46.2 Å². The highest BCUT2D eigenvalue weighted by atomic mass is 16.6. The average Bonchev–Trinajstić information content (AvgIpc) is 3.10. The Morgan fingerprint density at radius 1 is 0.857 bits per heavy atom. The largest absolute Gasteiger partial charge is 0.496 e. The molecule has 4 rings (SSSR count). The predicted molar refractivity (Wildman–Crippen MR) is 188 cm³/mol. The van der Waals surface area contributed by atoms with Crippen molar-refractivity contribution in [3.05, 3.63) is 89.5 Å². The van der Waals surface area contributed by atoms with Crippen molar-refractivity contribution in [2.24, 2.45) is 0 Å². The topological polar surface area (TPSA) is 105 Å². The van der Waals surface area contributed by atoms with Gasteiger partial charge in [0.15, 0.2) is 0 Å². The zero-order valence-electron chi connectivity index (χ0n) is 29.6. The number of ether oxygens (including phenoxy) is 6. The third-order valence-electron chi connectivity index (χ3n) is 8.22. The van der Waals surface area contributed by atoms with Crippen LogP contribution in [-0.2, 0) is 32.0 Å². The molecule has 0 bridgehead atoms. The lowest BCUT2D eigenvalue weighted by Gasteiger charge is -2.39. The summed E-state index contributed by atoms with van der Waals surface area (Å²) in [4.78, 5) is 26.5. The van der Waals surface area contributed by atoms with Gasteiger partial charge >= 0.3 is 6.09 Å². The Balaban J connectivity index is 1.30. The van der Waals surface area contributed by atoms with E-state index >= 15 is 0 Å². The Morgan fingerprint density at radius 3 is 2.29 bits per heavy atom. The van der Waals surface area contributed by atoms with E-state index in [0.717, 1.165) is 46.8 Å². The lowest BCUT2D eigenvalue weighted by Crippen LogP contribution is -2.48. The standard InChI is InChI=1S/C39H52N2O8/c1-39(2,3)49-38(43)41-22-21-33(36(27-41)48-26-25-47-35-14-9-6-11-30(35)17-20-37(42)40-4)29-15-18-32(19-16-29)46-24-10-23-45-28-31-12-7-8-13-34(31)44-5/h6-9,11-16,18-19,33,36H,10,17,20-28H2,1-5H3,(H,40,42). The minimum atomic E-state index is -0.583. The zero-order valence-corrected chi connectivity index (χ0v) is 29.6. The summed E-state index contributed by atoms with van der Waals surface area (Å²) in [6, 6.07) is 23.7. The Hall–Kier alpha value is -4.28. The van der Waals surface area contributed by atoms with E-state index in [2.05, 4.69) is 17.4 Å². The summed E-state index contributed by atoms with van der Waals surface area (Å²) in [5.74, 6) is 2.43. The molecule has 0 saturated carbocycles. The number of carbonyl (C=O) groups is 2. The molecule has 49 heavy (non-hydrogen) atoms. The van der Waals surface area contributed by atoms with Gasteiger partial charge in [-0.2, -0.15) is 0 Å². The molecular weight excluding hydrogens is 624 g/mol. The number of likely N-dealkylation sites (tertiary alicyclic amines) is 1. The molecule has 1 heterocycles. The van der Waals surface area contributed by atoms with Gasteiger partial charge in [0.2, 0.25) is 5.91 Å². The van der Waals surface area contributed by atoms with Crippen molar-refractivity contribution in [2.45, 2.75) is 70.7 Å². The molecule has 1 aliphatic rings. The summed E-state index contributed by atoms with van der Waals surface area (Å²) in [7, 11) is 3.30. The number of methoxy groups -OCH3 is 1. The van der Waals surface area contributed by atoms with Crippen LogP contribution < -0.4 is 19.5 Å². The average molecular weight is 677 g/mol. The Bertz CT molecular complexity index is 1460. The van der Waals surface area contributed by atoms with Gasteiger partial charge in [0.25, 0.3) is 0 Å². The molecule has 3 aromatic carbocycles. The van der Waals surface area contributed by atoms with Crippen molar-refractivity contribution < 1.29 is 38.0 Å². The Morgan fingerprint density at radius 2 is 1.57 bits per heavy atom. The maximum absolute atomic E-state index is 13.0. The van der Waals surface area contributed by atoms with Crippen LogP contribution in [0.2, 0.25) is 0 Å². The highest BCUT2D eigenvalue weighted by Gasteiger charge is 2.35. The molecule has 10 heteroatoms. The molecule has 1 fully saturated rings. The number of amides is 2. The Labute approximate surface area is 291 Å². The van der Waals surface area contributed by atoms with Gasteiger partial charge in [0.1, 0.15) is 29.5 Å². The minimum Gasteiger partial charge on any atom is -0.496 e. The number of hydrogen-bond donors (Lipinski definition) is 1. The van der Waals surface area contributed by atoms with E-state index in [0.29, 0.717) is 59.0 Å². The number of aryl methyl sites for hydroxylation is 1. The summed E-state index contributed by atoms with van der Waals surface area (Å²) in [5.41, 5.74) is 2.54. The Kier molecular flexibility index (Phi) is 14.6. The van der Waals surface area contributed by atoms with Crippen LogP contribution in [0.1, 0.15) is 62.6 Å². The third-order valence-corrected chi connectivity index (χ3v) is 8.22. The van der Waals surface area contributed by atoms with E-state index in [-0.39, 0.29) is 24.0 Å². The molecule has 10 nitrogen and oxygen atoms in total. The molecule has 2 amide bonds. The van der Waals surface area contributed by atoms with E-state index in [1.165, 1.54) is 0 Å². The van der Waals surface area contributed by atoms with E-state index in [1.807, 2.05) is 81.4 Å². The van der Waals surface area contributed by atoms with Crippen LogP contribution in [0.5, 0.6) is 17.2 Å². The van der Waals surface area contributed by atoms with Crippen LogP contribution in [0.4, 0.5) is 4.79 Å². The predicted octanol–water partition coefficient (Wildman–Crippen LogP) is 6.55. The van der Waals surface area contributed by atoms with Crippen molar-refractivity contribution in [1.29, 1.82) is 0 Å². The minimum absolute atomic E-state index is 0.0126. The third kappa shape index (κ3) is 12.3.